The highest BCUT2D eigenvalue weighted by Crippen LogP contribution is 2.24. The largest absolute Gasteiger partial charge is 0.489 e. The van der Waals surface area contributed by atoms with Crippen LogP contribution in [-0.2, 0) is 22.6 Å². The first-order valence-corrected chi connectivity index (χ1v) is 10.0. The van der Waals surface area contributed by atoms with Crippen molar-refractivity contribution in [3.8, 4) is 5.75 Å². The molecule has 0 aliphatic heterocycles. The SMILES string of the molecule is Cc1cc(OCc2ccc(Cl)cc2)cc(C)c1CC(NC(=O)OC(C)(C)C)C(=O)O. The molecule has 6 nitrogen and oxygen atoms in total. The molecule has 0 aliphatic rings. The Labute approximate surface area is 182 Å². The molecule has 0 saturated heterocycles. The molecule has 0 heterocycles. The maximum atomic E-state index is 12.0. The maximum absolute atomic E-state index is 12.0. The van der Waals surface area contributed by atoms with Crippen LogP contribution in [0.3, 0.4) is 0 Å². The van der Waals surface area contributed by atoms with Crippen LogP contribution >= 0.6 is 11.6 Å². The number of hydrogen-bond acceptors (Lipinski definition) is 4. The third-order valence-corrected chi connectivity index (χ3v) is 4.64. The Morgan fingerprint density at radius 2 is 1.67 bits per heavy atom. The average Bonchev–Trinajstić information content (AvgIpc) is 2.61. The number of carbonyl (C=O) groups excluding carboxylic acids is 1. The molecule has 2 N–H and O–H groups in total. The van der Waals surface area contributed by atoms with Gasteiger partial charge in [-0.15, -0.1) is 0 Å². The molecule has 0 bridgehead atoms. The molecule has 0 radical (unpaired) electrons. The van der Waals surface area contributed by atoms with Crippen molar-refractivity contribution >= 4 is 23.7 Å². The summed E-state index contributed by atoms with van der Waals surface area (Å²) in [4.78, 5) is 23.7. The third-order valence-electron chi connectivity index (χ3n) is 4.39. The molecule has 2 aromatic rings. The number of carbonyl (C=O) groups is 2. The number of aryl methyl sites for hydroxylation is 2. The fourth-order valence-electron chi connectivity index (χ4n) is 2.96. The van der Waals surface area contributed by atoms with E-state index < -0.39 is 23.7 Å². The molecule has 0 fully saturated rings. The number of nitrogens with one attached hydrogen (secondary N) is 1. The summed E-state index contributed by atoms with van der Waals surface area (Å²) in [6.07, 6.45) is -0.614. The fraction of sp³-hybridized carbons (Fsp3) is 0.391. The second-order valence-corrected chi connectivity index (χ2v) is 8.63. The van der Waals surface area contributed by atoms with Crippen LogP contribution in [0.4, 0.5) is 4.79 Å². The Kier molecular flexibility index (Phi) is 7.73. The molecule has 0 aliphatic carbocycles. The van der Waals surface area contributed by atoms with E-state index in [1.807, 2.05) is 50.2 Å². The summed E-state index contributed by atoms with van der Waals surface area (Å²) in [5, 5.41) is 12.7. The van der Waals surface area contributed by atoms with Gasteiger partial charge in [-0.3, -0.25) is 0 Å². The summed E-state index contributed by atoms with van der Waals surface area (Å²) in [5.41, 5.74) is 2.91. The molecular formula is C23H28ClNO5. The quantitative estimate of drug-likeness (QED) is 0.637. The van der Waals surface area contributed by atoms with Gasteiger partial charge in [0, 0.05) is 11.4 Å². The predicted molar refractivity (Wildman–Crippen MR) is 116 cm³/mol. The van der Waals surface area contributed by atoms with Crippen molar-refractivity contribution < 1.29 is 24.2 Å². The normalized spacial score (nSPS) is 12.2. The van der Waals surface area contributed by atoms with E-state index in [2.05, 4.69) is 5.32 Å². The first-order chi connectivity index (χ1) is 13.9. The average molecular weight is 434 g/mol. The highest BCUT2D eigenvalue weighted by atomic mass is 35.5. The Hall–Kier alpha value is -2.73. The standard InChI is InChI=1S/C23H28ClNO5/c1-14-10-18(29-13-16-6-8-17(24)9-7-16)11-15(2)19(14)12-20(21(26)27)25-22(28)30-23(3,4)5/h6-11,20H,12-13H2,1-5H3,(H,25,28)(H,26,27). The number of halogens is 1. The van der Waals surface area contributed by atoms with Crippen LogP contribution in [0.2, 0.25) is 5.02 Å². The molecule has 0 aromatic heterocycles. The number of aliphatic carboxylic acids is 1. The lowest BCUT2D eigenvalue weighted by Gasteiger charge is -2.23. The van der Waals surface area contributed by atoms with Gasteiger partial charge < -0.3 is 19.9 Å². The van der Waals surface area contributed by atoms with Crippen molar-refractivity contribution in [2.75, 3.05) is 0 Å². The zero-order valence-corrected chi connectivity index (χ0v) is 18.7. The van der Waals surface area contributed by atoms with Crippen LogP contribution in [0.1, 0.15) is 43.0 Å². The number of hydrogen-bond donors (Lipinski definition) is 2. The minimum atomic E-state index is -1.12. The van der Waals surface area contributed by atoms with Gasteiger partial charge in [-0.05, 0) is 81.1 Å². The van der Waals surface area contributed by atoms with E-state index in [0.29, 0.717) is 17.4 Å². The van der Waals surface area contributed by atoms with Gasteiger partial charge in [0.15, 0.2) is 0 Å². The van der Waals surface area contributed by atoms with Gasteiger partial charge in [0.2, 0.25) is 0 Å². The first kappa shape index (κ1) is 23.5. The molecule has 1 unspecified atom stereocenters. The van der Waals surface area contributed by atoms with E-state index in [1.165, 1.54) is 0 Å². The summed E-state index contributed by atoms with van der Waals surface area (Å²) in [6.45, 7) is 9.35. The van der Waals surface area contributed by atoms with Crippen LogP contribution in [0.5, 0.6) is 5.75 Å². The maximum Gasteiger partial charge on any atom is 0.408 e. The molecule has 30 heavy (non-hydrogen) atoms. The van der Waals surface area contributed by atoms with Crippen molar-refractivity contribution in [1.82, 2.24) is 5.32 Å². The highest BCUT2D eigenvalue weighted by Gasteiger charge is 2.25. The molecular weight excluding hydrogens is 406 g/mol. The minimum Gasteiger partial charge on any atom is -0.489 e. The van der Waals surface area contributed by atoms with Crippen LogP contribution in [0, 0.1) is 13.8 Å². The van der Waals surface area contributed by atoms with E-state index in [9.17, 15) is 14.7 Å². The third kappa shape index (κ3) is 7.26. The lowest BCUT2D eigenvalue weighted by atomic mass is 9.96. The summed E-state index contributed by atoms with van der Waals surface area (Å²) in [7, 11) is 0. The van der Waals surface area contributed by atoms with E-state index in [1.54, 1.807) is 20.8 Å². The van der Waals surface area contributed by atoms with Gasteiger partial charge in [-0.25, -0.2) is 9.59 Å². The molecule has 0 spiro atoms. The summed E-state index contributed by atoms with van der Waals surface area (Å²) in [6, 6.07) is 10.0. The topological polar surface area (TPSA) is 84.9 Å². The first-order valence-electron chi connectivity index (χ1n) is 9.64. The number of benzene rings is 2. The monoisotopic (exact) mass is 433 g/mol. The van der Waals surface area contributed by atoms with Gasteiger partial charge in [0.05, 0.1) is 0 Å². The number of alkyl carbamates (subject to hydrolysis) is 1. The zero-order valence-electron chi connectivity index (χ0n) is 17.9. The number of amides is 1. The molecule has 2 aromatic carbocycles. The Balaban J connectivity index is 2.09. The minimum absolute atomic E-state index is 0.143. The van der Waals surface area contributed by atoms with E-state index >= 15 is 0 Å². The number of carboxylic acids is 1. The number of rotatable bonds is 7. The molecule has 1 amide bonds. The van der Waals surface area contributed by atoms with Gasteiger partial charge in [0.1, 0.15) is 24.0 Å². The summed E-state index contributed by atoms with van der Waals surface area (Å²) >= 11 is 5.90. The second kappa shape index (κ2) is 9.85. The van der Waals surface area contributed by atoms with Gasteiger partial charge in [-0.2, -0.15) is 0 Å². The van der Waals surface area contributed by atoms with Crippen molar-refractivity contribution in [3.05, 3.63) is 63.7 Å². The summed E-state index contributed by atoms with van der Waals surface area (Å²) in [5.74, 6) is -0.432. The van der Waals surface area contributed by atoms with Crippen molar-refractivity contribution in [1.29, 1.82) is 0 Å². The number of carboxylic acid groups (broad SMARTS) is 1. The second-order valence-electron chi connectivity index (χ2n) is 8.19. The lowest BCUT2D eigenvalue weighted by Crippen LogP contribution is -2.44. The lowest BCUT2D eigenvalue weighted by molar-refractivity contribution is -0.139. The van der Waals surface area contributed by atoms with Crippen LogP contribution in [0.25, 0.3) is 0 Å². The van der Waals surface area contributed by atoms with E-state index in [4.69, 9.17) is 21.1 Å². The van der Waals surface area contributed by atoms with Crippen molar-refractivity contribution in [3.63, 3.8) is 0 Å². The van der Waals surface area contributed by atoms with Crippen LogP contribution < -0.4 is 10.1 Å². The van der Waals surface area contributed by atoms with Gasteiger partial charge in [-0.1, -0.05) is 23.7 Å². The smallest absolute Gasteiger partial charge is 0.408 e. The van der Waals surface area contributed by atoms with Crippen molar-refractivity contribution in [2.24, 2.45) is 0 Å². The predicted octanol–water partition coefficient (Wildman–Crippen LogP) is 5.06. The highest BCUT2D eigenvalue weighted by molar-refractivity contribution is 6.30. The Morgan fingerprint density at radius 1 is 1.10 bits per heavy atom. The van der Waals surface area contributed by atoms with Crippen LogP contribution in [0.15, 0.2) is 36.4 Å². The van der Waals surface area contributed by atoms with E-state index in [-0.39, 0.29) is 6.42 Å². The molecule has 162 valence electrons. The van der Waals surface area contributed by atoms with Gasteiger partial charge >= 0.3 is 12.1 Å². The number of ether oxygens (including phenoxy) is 2. The van der Waals surface area contributed by atoms with E-state index in [0.717, 1.165) is 22.3 Å². The summed E-state index contributed by atoms with van der Waals surface area (Å²) < 4.78 is 11.0. The van der Waals surface area contributed by atoms with Gasteiger partial charge in [0.25, 0.3) is 0 Å². The Morgan fingerprint density at radius 3 is 2.17 bits per heavy atom. The fourth-order valence-corrected chi connectivity index (χ4v) is 3.09. The molecule has 2 rings (SSSR count). The Bertz CT molecular complexity index is 880. The van der Waals surface area contributed by atoms with Crippen LogP contribution in [-0.4, -0.2) is 28.8 Å². The molecule has 7 heteroatoms. The van der Waals surface area contributed by atoms with Crippen molar-refractivity contribution in [2.45, 2.75) is 59.3 Å². The molecule has 0 saturated carbocycles. The molecule has 1 atom stereocenters. The zero-order chi connectivity index (χ0) is 22.5.